The molecule has 0 aliphatic heterocycles. The molecule has 1 aliphatic carbocycles. The highest BCUT2D eigenvalue weighted by atomic mass is 19.4. The molecule has 7 nitrogen and oxygen atoms in total. The molecule has 0 bridgehead atoms. The van der Waals surface area contributed by atoms with Crippen LogP contribution in [0.4, 0.5) is 27.8 Å². The molecule has 1 amide bonds. The fourth-order valence-electron chi connectivity index (χ4n) is 2.30. The molecule has 172 valence electrons. The lowest BCUT2D eigenvalue weighted by Gasteiger charge is -2.19. The second-order valence-electron chi connectivity index (χ2n) is 7.18. The molecule has 2 rings (SSSR count). The monoisotopic (exact) mass is 449 g/mol. The van der Waals surface area contributed by atoms with Crippen molar-refractivity contribution in [2.24, 2.45) is 17.4 Å². The van der Waals surface area contributed by atoms with E-state index in [-0.39, 0.29) is 5.70 Å². The van der Waals surface area contributed by atoms with Crippen LogP contribution in [0.15, 0.2) is 42.1 Å². The van der Waals surface area contributed by atoms with E-state index >= 15 is 0 Å². The van der Waals surface area contributed by atoms with Crippen molar-refractivity contribution in [3.8, 4) is 0 Å². The van der Waals surface area contributed by atoms with Crippen molar-refractivity contribution >= 4 is 11.7 Å². The molecule has 1 aliphatic rings. The van der Waals surface area contributed by atoms with Crippen molar-refractivity contribution in [1.29, 1.82) is 0 Å². The van der Waals surface area contributed by atoms with Crippen LogP contribution in [0.25, 0.3) is 0 Å². The van der Waals surface area contributed by atoms with Gasteiger partial charge in [0.1, 0.15) is 5.82 Å². The highest BCUT2D eigenvalue weighted by Crippen LogP contribution is 2.35. The summed E-state index contributed by atoms with van der Waals surface area (Å²) in [7, 11) is 0. The molecule has 1 aromatic heterocycles. The highest BCUT2D eigenvalue weighted by Gasteiger charge is 2.58. The van der Waals surface area contributed by atoms with Gasteiger partial charge in [0.25, 0.3) is 5.91 Å². The Balaban J connectivity index is 1.89. The number of halogens is 5. The Morgan fingerprint density at radius 1 is 1.29 bits per heavy atom. The van der Waals surface area contributed by atoms with Gasteiger partial charge in [-0.05, 0) is 55.5 Å². The third kappa shape index (κ3) is 7.61. The van der Waals surface area contributed by atoms with Crippen LogP contribution in [0.5, 0.6) is 0 Å². The molecule has 0 aromatic carbocycles. The number of hydrogen-bond donors (Lipinski definition) is 4. The third-order valence-electron chi connectivity index (χ3n) is 4.42. The van der Waals surface area contributed by atoms with Gasteiger partial charge in [-0.1, -0.05) is 0 Å². The van der Waals surface area contributed by atoms with Gasteiger partial charge in [0, 0.05) is 12.7 Å². The summed E-state index contributed by atoms with van der Waals surface area (Å²) in [5.74, 6) is -5.17. The number of nitrogens with zero attached hydrogens (tertiary/aromatic N) is 1. The van der Waals surface area contributed by atoms with E-state index in [4.69, 9.17) is 11.5 Å². The fraction of sp³-hybridized carbons (Fsp3) is 0.474. The van der Waals surface area contributed by atoms with E-state index < -0.39 is 36.5 Å². The molecule has 1 unspecified atom stereocenters. The Labute approximate surface area is 175 Å². The van der Waals surface area contributed by atoms with E-state index in [0.717, 1.165) is 24.3 Å². The number of alkyl halides is 5. The first-order valence-corrected chi connectivity index (χ1v) is 9.40. The van der Waals surface area contributed by atoms with Gasteiger partial charge in [-0.2, -0.15) is 22.0 Å². The maximum Gasteiger partial charge on any atom is 0.456 e. The smallest absolute Gasteiger partial charge is 0.456 e. The van der Waals surface area contributed by atoms with Crippen LogP contribution in [0, 0.1) is 5.92 Å². The largest absolute Gasteiger partial charge is 0.473 e. The van der Waals surface area contributed by atoms with E-state index in [0.29, 0.717) is 11.7 Å². The zero-order valence-electron chi connectivity index (χ0n) is 16.7. The van der Waals surface area contributed by atoms with Crippen LogP contribution >= 0.6 is 0 Å². The Morgan fingerprint density at radius 2 is 1.97 bits per heavy atom. The van der Waals surface area contributed by atoms with Crippen molar-refractivity contribution in [2.45, 2.75) is 37.9 Å². The van der Waals surface area contributed by atoms with Crippen molar-refractivity contribution in [3.05, 3.63) is 47.6 Å². The molecule has 12 heteroatoms. The SMILES string of the molecule is CC(NC(=O)/C(N)=C/C=C(\N)OCC(F)(F)C(F)(F)F)c1ccnc(NCC2CC2)c1. The topological polar surface area (TPSA) is 115 Å². The number of ether oxygens (including phenoxy) is 1. The molecule has 31 heavy (non-hydrogen) atoms. The molecule has 1 atom stereocenters. The predicted octanol–water partition coefficient (Wildman–Crippen LogP) is 2.94. The van der Waals surface area contributed by atoms with Gasteiger partial charge in [0.15, 0.2) is 12.5 Å². The number of carbonyl (C=O) groups excluding carboxylic acids is 1. The number of nitrogens with two attached hydrogens (primary N) is 2. The molecular formula is C19H24F5N5O2. The first-order chi connectivity index (χ1) is 14.4. The summed E-state index contributed by atoms with van der Waals surface area (Å²) in [6.45, 7) is 0.560. The fourth-order valence-corrected chi connectivity index (χ4v) is 2.30. The van der Waals surface area contributed by atoms with Gasteiger partial charge in [0.2, 0.25) is 0 Å². The van der Waals surface area contributed by atoms with Crippen molar-refractivity contribution in [2.75, 3.05) is 18.5 Å². The number of nitrogens with one attached hydrogen (secondary N) is 2. The number of hydrogen-bond acceptors (Lipinski definition) is 6. The Kier molecular flexibility index (Phi) is 7.69. The Morgan fingerprint density at radius 3 is 2.58 bits per heavy atom. The summed E-state index contributed by atoms with van der Waals surface area (Å²) in [5.41, 5.74) is 11.3. The lowest BCUT2D eigenvalue weighted by atomic mass is 10.1. The molecule has 0 radical (unpaired) electrons. The van der Waals surface area contributed by atoms with Gasteiger partial charge in [-0.3, -0.25) is 4.79 Å². The molecule has 1 fully saturated rings. The standard InChI is InChI=1S/C19H24F5N5O2/c1-11(13-6-7-27-16(8-13)28-9-12-2-3-12)29-17(30)14(25)4-5-15(26)31-10-18(20,21)19(22,23)24/h4-8,11-12H,2-3,9-10,25-26H2,1H3,(H,27,28)(H,29,30)/b14-4-,15-5+. The minimum absolute atomic E-state index is 0.345. The van der Waals surface area contributed by atoms with E-state index in [9.17, 15) is 26.7 Å². The molecule has 6 N–H and O–H groups in total. The first kappa shape index (κ1) is 24.2. The summed E-state index contributed by atoms with van der Waals surface area (Å²) in [6, 6.07) is 3.08. The van der Waals surface area contributed by atoms with Gasteiger partial charge >= 0.3 is 12.1 Å². The predicted molar refractivity (Wildman–Crippen MR) is 104 cm³/mol. The van der Waals surface area contributed by atoms with E-state index in [1.807, 2.05) is 0 Å². The first-order valence-electron chi connectivity index (χ1n) is 9.40. The maximum atomic E-state index is 12.8. The second-order valence-corrected chi connectivity index (χ2v) is 7.18. The number of aromatic nitrogens is 1. The van der Waals surface area contributed by atoms with Crippen LogP contribution < -0.4 is 22.1 Å². The molecule has 0 spiro atoms. The number of anilines is 1. The maximum absolute atomic E-state index is 12.8. The normalized spacial score (nSPS) is 16.6. The minimum atomic E-state index is -5.77. The summed E-state index contributed by atoms with van der Waals surface area (Å²) in [5, 5.41) is 5.86. The number of pyridine rings is 1. The zero-order valence-corrected chi connectivity index (χ0v) is 16.7. The van der Waals surface area contributed by atoms with E-state index in [2.05, 4.69) is 20.4 Å². The molecule has 1 aromatic rings. The second kappa shape index (κ2) is 9.84. The molecule has 1 saturated carbocycles. The van der Waals surface area contributed by atoms with Crippen LogP contribution in [-0.4, -0.2) is 36.1 Å². The molecular weight excluding hydrogens is 425 g/mol. The number of allylic oxidation sites excluding steroid dienone is 2. The summed E-state index contributed by atoms with van der Waals surface area (Å²) < 4.78 is 66.1. The van der Waals surface area contributed by atoms with Crippen LogP contribution in [0.2, 0.25) is 0 Å². The number of amides is 1. The minimum Gasteiger partial charge on any atom is -0.473 e. The van der Waals surface area contributed by atoms with Crippen LogP contribution in [0.3, 0.4) is 0 Å². The van der Waals surface area contributed by atoms with Crippen molar-refractivity contribution < 1.29 is 31.5 Å². The van der Waals surface area contributed by atoms with Crippen molar-refractivity contribution in [1.82, 2.24) is 10.3 Å². The molecule has 1 heterocycles. The lowest BCUT2D eigenvalue weighted by molar-refractivity contribution is -0.293. The lowest BCUT2D eigenvalue weighted by Crippen LogP contribution is -2.41. The Hall–Kier alpha value is -3.05. The summed E-state index contributed by atoms with van der Waals surface area (Å²) >= 11 is 0. The van der Waals surface area contributed by atoms with Gasteiger partial charge in [-0.15, -0.1) is 0 Å². The average Bonchev–Trinajstić information content (AvgIpc) is 3.52. The van der Waals surface area contributed by atoms with Gasteiger partial charge in [-0.25, -0.2) is 4.98 Å². The van der Waals surface area contributed by atoms with E-state index in [1.165, 1.54) is 12.8 Å². The zero-order chi connectivity index (χ0) is 23.2. The summed E-state index contributed by atoms with van der Waals surface area (Å²) in [4.78, 5) is 16.4. The van der Waals surface area contributed by atoms with Gasteiger partial charge in [0.05, 0.1) is 11.7 Å². The number of rotatable bonds is 10. The quantitative estimate of drug-likeness (QED) is 0.189. The van der Waals surface area contributed by atoms with Gasteiger partial charge < -0.3 is 26.8 Å². The third-order valence-corrected chi connectivity index (χ3v) is 4.42. The summed E-state index contributed by atoms with van der Waals surface area (Å²) in [6.07, 6.45) is -0.0158. The highest BCUT2D eigenvalue weighted by molar-refractivity contribution is 5.93. The number of carbonyl (C=O) groups is 1. The molecule has 0 saturated heterocycles. The van der Waals surface area contributed by atoms with Crippen LogP contribution in [0.1, 0.15) is 31.4 Å². The van der Waals surface area contributed by atoms with E-state index in [1.54, 1.807) is 25.3 Å². The Bertz CT molecular complexity index is 837. The average molecular weight is 449 g/mol. The van der Waals surface area contributed by atoms with Crippen molar-refractivity contribution in [3.63, 3.8) is 0 Å². The van der Waals surface area contributed by atoms with Crippen LogP contribution in [-0.2, 0) is 9.53 Å².